The van der Waals surface area contributed by atoms with E-state index in [-0.39, 0.29) is 6.61 Å². The van der Waals surface area contributed by atoms with E-state index in [1.165, 1.54) is 0 Å². The number of rotatable bonds is 11. The highest BCUT2D eigenvalue weighted by atomic mass is 79.9. The van der Waals surface area contributed by atoms with Gasteiger partial charge in [0, 0.05) is 15.9 Å². The fourth-order valence-electron chi connectivity index (χ4n) is 4.52. The third-order valence-corrected chi connectivity index (χ3v) is 8.02. The van der Waals surface area contributed by atoms with Crippen molar-refractivity contribution in [1.29, 1.82) is 0 Å². The van der Waals surface area contributed by atoms with Crippen LogP contribution >= 0.6 is 27.7 Å². The second-order valence-electron chi connectivity index (χ2n) is 9.47. The number of aromatic nitrogens is 3. The molecule has 0 fully saturated rings. The highest BCUT2D eigenvalue weighted by molar-refractivity contribution is 9.10. The third-order valence-electron chi connectivity index (χ3n) is 6.49. The molecular formula is C31H31BrN4O4S. The summed E-state index contributed by atoms with van der Waals surface area (Å²) in [7, 11) is 1.60. The topological polar surface area (TPSA) is 87.5 Å². The van der Waals surface area contributed by atoms with Gasteiger partial charge in [-0.1, -0.05) is 83.1 Å². The van der Waals surface area contributed by atoms with E-state index in [2.05, 4.69) is 33.2 Å². The summed E-state index contributed by atoms with van der Waals surface area (Å²) in [6.07, 6.45) is 0.998. The van der Waals surface area contributed by atoms with Crippen molar-refractivity contribution in [2.45, 2.75) is 44.7 Å². The summed E-state index contributed by atoms with van der Waals surface area (Å²) in [4.78, 5) is 18.3. The lowest BCUT2D eigenvalue weighted by molar-refractivity contribution is -0.140. The summed E-state index contributed by atoms with van der Waals surface area (Å²) >= 11 is 5.08. The molecule has 0 saturated carbocycles. The SMILES string of the molecule is CCCSc1nc2n(n1)C(c1ccc(OCc3cccc(Br)c3)c(OC)c1)C(C(=O)OCc1ccccc1)=C(C)N2. The van der Waals surface area contributed by atoms with Crippen molar-refractivity contribution < 1.29 is 19.0 Å². The average molecular weight is 636 g/mol. The van der Waals surface area contributed by atoms with E-state index in [9.17, 15) is 4.79 Å². The standard InChI is InChI=1S/C31H31BrN4O4S/c1-4-15-41-31-34-30-33-20(2)27(29(37)40-18-21-9-6-5-7-10-21)28(36(30)35-31)23-13-14-25(26(17-23)38-3)39-19-22-11-8-12-24(32)16-22/h5-14,16-17,28H,4,15,18-19H2,1-3H3,(H,33,34,35). The number of nitrogens with one attached hydrogen (secondary N) is 1. The Bertz CT molecular complexity index is 1560. The van der Waals surface area contributed by atoms with Crippen molar-refractivity contribution in [3.63, 3.8) is 0 Å². The summed E-state index contributed by atoms with van der Waals surface area (Å²) in [5, 5.41) is 8.69. The van der Waals surface area contributed by atoms with Crippen LogP contribution in [-0.4, -0.2) is 33.6 Å². The Kier molecular flexibility index (Phi) is 9.31. The highest BCUT2D eigenvalue weighted by Gasteiger charge is 2.36. The van der Waals surface area contributed by atoms with Crippen LogP contribution in [0.15, 0.2) is 93.7 Å². The fraction of sp³-hybridized carbons (Fsp3) is 0.258. The molecule has 0 radical (unpaired) electrons. The number of hydrogen-bond acceptors (Lipinski definition) is 8. The van der Waals surface area contributed by atoms with Crippen molar-refractivity contribution in [3.8, 4) is 11.5 Å². The first-order chi connectivity index (χ1) is 20.0. The zero-order valence-electron chi connectivity index (χ0n) is 23.1. The largest absolute Gasteiger partial charge is 0.493 e. The van der Waals surface area contributed by atoms with Gasteiger partial charge < -0.3 is 19.5 Å². The summed E-state index contributed by atoms with van der Waals surface area (Å²) in [6.45, 7) is 4.51. The average Bonchev–Trinajstić information content (AvgIpc) is 3.39. The van der Waals surface area contributed by atoms with Gasteiger partial charge in [-0.05, 0) is 54.3 Å². The monoisotopic (exact) mass is 634 g/mol. The smallest absolute Gasteiger partial charge is 0.338 e. The molecule has 1 aliphatic rings. The number of ether oxygens (including phenoxy) is 3. The van der Waals surface area contributed by atoms with Gasteiger partial charge in [0.05, 0.1) is 12.7 Å². The Hall–Kier alpha value is -3.76. The van der Waals surface area contributed by atoms with Crippen molar-refractivity contribution in [2.24, 2.45) is 0 Å². The second-order valence-corrected chi connectivity index (χ2v) is 11.4. The van der Waals surface area contributed by atoms with Gasteiger partial charge in [0.2, 0.25) is 11.1 Å². The molecular weight excluding hydrogens is 604 g/mol. The van der Waals surface area contributed by atoms with Crippen LogP contribution in [-0.2, 0) is 22.7 Å². The molecule has 0 bridgehead atoms. The van der Waals surface area contributed by atoms with Crippen LogP contribution in [0.1, 0.15) is 43.0 Å². The minimum absolute atomic E-state index is 0.163. The lowest BCUT2D eigenvalue weighted by Gasteiger charge is -2.28. The van der Waals surface area contributed by atoms with E-state index in [4.69, 9.17) is 19.3 Å². The molecule has 1 atom stereocenters. The summed E-state index contributed by atoms with van der Waals surface area (Å²) in [6, 6.07) is 22.7. The van der Waals surface area contributed by atoms with E-state index < -0.39 is 12.0 Å². The molecule has 1 aromatic heterocycles. The van der Waals surface area contributed by atoms with Crippen LogP contribution < -0.4 is 14.8 Å². The van der Waals surface area contributed by atoms with Crippen molar-refractivity contribution in [1.82, 2.24) is 14.8 Å². The first-order valence-corrected chi connectivity index (χ1v) is 15.1. The molecule has 1 unspecified atom stereocenters. The van der Waals surface area contributed by atoms with Gasteiger partial charge >= 0.3 is 5.97 Å². The van der Waals surface area contributed by atoms with Gasteiger partial charge in [0.25, 0.3) is 0 Å². The van der Waals surface area contributed by atoms with Gasteiger partial charge in [-0.15, -0.1) is 5.10 Å². The molecule has 3 aromatic carbocycles. The molecule has 212 valence electrons. The molecule has 1 N–H and O–H groups in total. The first-order valence-electron chi connectivity index (χ1n) is 13.3. The van der Waals surface area contributed by atoms with E-state index in [1.54, 1.807) is 23.6 Å². The Balaban J connectivity index is 1.47. The van der Waals surface area contributed by atoms with Crippen LogP contribution in [0.5, 0.6) is 11.5 Å². The number of nitrogens with zero attached hydrogens (tertiary/aromatic N) is 3. The number of fused-ring (bicyclic) bond motifs is 1. The van der Waals surface area contributed by atoms with E-state index >= 15 is 0 Å². The fourth-order valence-corrected chi connectivity index (χ4v) is 5.65. The molecule has 5 rings (SSSR count). The molecule has 4 aromatic rings. The predicted octanol–water partition coefficient (Wildman–Crippen LogP) is 7.16. The minimum Gasteiger partial charge on any atom is -0.493 e. The lowest BCUT2D eigenvalue weighted by atomic mass is 9.95. The van der Waals surface area contributed by atoms with Crippen LogP contribution in [0, 0.1) is 0 Å². The van der Waals surface area contributed by atoms with Gasteiger partial charge in [0.15, 0.2) is 11.5 Å². The Labute approximate surface area is 252 Å². The van der Waals surface area contributed by atoms with Crippen LogP contribution in [0.4, 0.5) is 5.95 Å². The maximum absolute atomic E-state index is 13.6. The maximum atomic E-state index is 13.6. The number of halogens is 1. The Morgan fingerprint density at radius 2 is 1.83 bits per heavy atom. The van der Waals surface area contributed by atoms with Gasteiger partial charge in [-0.3, -0.25) is 0 Å². The van der Waals surface area contributed by atoms with Crippen LogP contribution in [0.25, 0.3) is 0 Å². The second kappa shape index (κ2) is 13.3. The number of carbonyl (C=O) groups excluding carboxylic acids is 1. The number of hydrogen-bond donors (Lipinski definition) is 1. The zero-order chi connectivity index (χ0) is 28.8. The maximum Gasteiger partial charge on any atom is 0.338 e. The van der Waals surface area contributed by atoms with Gasteiger partial charge in [-0.25, -0.2) is 9.48 Å². The molecule has 41 heavy (non-hydrogen) atoms. The molecule has 0 saturated heterocycles. The minimum atomic E-state index is -0.578. The molecule has 10 heteroatoms. The Morgan fingerprint density at radius 1 is 1.02 bits per heavy atom. The normalized spacial score (nSPS) is 14.3. The van der Waals surface area contributed by atoms with Crippen molar-refractivity contribution in [3.05, 3.63) is 105 Å². The predicted molar refractivity (Wildman–Crippen MR) is 163 cm³/mol. The van der Waals surface area contributed by atoms with E-state index in [0.29, 0.717) is 40.5 Å². The number of allylic oxidation sites excluding steroid dienone is 1. The Morgan fingerprint density at radius 3 is 2.59 bits per heavy atom. The number of thioether (sulfide) groups is 1. The lowest BCUT2D eigenvalue weighted by Crippen LogP contribution is -2.29. The molecule has 0 aliphatic carbocycles. The highest BCUT2D eigenvalue weighted by Crippen LogP contribution is 2.40. The molecule has 2 heterocycles. The number of carbonyl (C=O) groups is 1. The molecule has 0 spiro atoms. The summed E-state index contributed by atoms with van der Waals surface area (Å²) in [5.74, 6) is 2.18. The molecule has 0 amide bonds. The van der Waals surface area contributed by atoms with Crippen LogP contribution in [0.2, 0.25) is 0 Å². The zero-order valence-corrected chi connectivity index (χ0v) is 25.5. The van der Waals surface area contributed by atoms with E-state index in [1.807, 2.05) is 79.7 Å². The van der Waals surface area contributed by atoms with Crippen molar-refractivity contribution >= 4 is 39.6 Å². The van der Waals surface area contributed by atoms with Crippen molar-refractivity contribution in [2.75, 3.05) is 18.2 Å². The van der Waals surface area contributed by atoms with E-state index in [0.717, 1.165) is 33.3 Å². The number of anilines is 1. The third kappa shape index (κ3) is 6.77. The number of methoxy groups -OCH3 is 1. The number of benzene rings is 3. The first kappa shape index (κ1) is 28.8. The van der Waals surface area contributed by atoms with Gasteiger partial charge in [0.1, 0.15) is 19.3 Å². The van der Waals surface area contributed by atoms with Crippen LogP contribution in [0.3, 0.4) is 0 Å². The summed E-state index contributed by atoms with van der Waals surface area (Å²) < 4.78 is 20.4. The number of esters is 1. The quantitative estimate of drug-likeness (QED) is 0.137. The molecule has 1 aliphatic heterocycles. The molecule has 8 nitrogen and oxygen atoms in total. The van der Waals surface area contributed by atoms with Gasteiger partial charge in [-0.2, -0.15) is 4.98 Å². The summed E-state index contributed by atoms with van der Waals surface area (Å²) in [5.41, 5.74) is 3.84.